The van der Waals surface area contributed by atoms with Crippen LogP contribution in [-0.4, -0.2) is 54.5 Å². The van der Waals surface area contributed by atoms with Gasteiger partial charge in [0, 0.05) is 21.7 Å². The van der Waals surface area contributed by atoms with Crippen molar-refractivity contribution in [2.75, 3.05) is 23.8 Å². The van der Waals surface area contributed by atoms with E-state index in [-0.39, 0.29) is 17.5 Å². The minimum absolute atomic E-state index is 0.0233. The van der Waals surface area contributed by atoms with Crippen LogP contribution in [0.3, 0.4) is 0 Å². The van der Waals surface area contributed by atoms with Crippen LogP contribution in [-0.2, 0) is 20.4 Å². The van der Waals surface area contributed by atoms with Crippen LogP contribution in [0.15, 0.2) is 60.5 Å². The van der Waals surface area contributed by atoms with Gasteiger partial charge in [-0.1, -0.05) is 30.3 Å². The molecule has 0 bridgehead atoms. The predicted octanol–water partition coefficient (Wildman–Crippen LogP) is 3.63. The maximum absolute atomic E-state index is 12.8. The number of sulfonamides is 1. The molecule has 0 saturated heterocycles. The van der Waals surface area contributed by atoms with Crippen molar-refractivity contribution in [2.45, 2.75) is 24.6 Å². The van der Waals surface area contributed by atoms with E-state index in [1.54, 1.807) is 16.9 Å². The molecule has 3 aromatic rings. The Hall–Kier alpha value is -4.44. The molecule has 2 aromatic carbocycles. The number of nitrogens with zero attached hydrogens (tertiary/aromatic N) is 3. The highest BCUT2D eigenvalue weighted by molar-refractivity contribution is 7.92. The molecule has 0 spiro atoms. The van der Waals surface area contributed by atoms with Gasteiger partial charge in [0.1, 0.15) is 0 Å². The minimum Gasteiger partial charge on any atom is -0.454 e. The average Bonchev–Trinajstić information content (AvgIpc) is 3.71. The third-order valence-electron chi connectivity index (χ3n) is 5.77. The molecule has 4 N–H and O–H groups in total. The maximum atomic E-state index is 12.8. The number of alkyl halides is 3. The molecule has 1 heterocycles. The number of halogens is 4. The van der Waals surface area contributed by atoms with Gasteiger partial charge in [0.05, 0.1) is 12.1 Å². The van der Waals surface area contributed by atoms with Crippen LogP contribution >= 0.6 is 11.6 Å². The lowest BCUT2D eigenvalue weighted by atomic mass is 10.1. The first kappa shape index (κ1) is 30.5. The lowest BCUT2D eigenvalue weighted by molar-refractivity contribution is -0.154. The van der Waals surface area contributed by atoms with Gasteiger partial charge in [0.2, 0.25) is 11.9 Å². The van der Waals surface area contributed by atoms with E-state index < -0.39 is 52.7 Å². The van der Waals surface area contributed by atoms with Crippen LogP contribution < -0.4 is 25.4 Å². The number of nitrogens with one attached hydrogen (secondary N) is 4. The molecule has 1 saturated carbocycles. The maximum Gasteiger partial charge on any atom is 0.422 e. The van der Waals surface area contributed by atoms with E-state index in [2.05, 4.69) is 37.5 Å². The highest BCUT2D eigenvalue weighted by atomic mass is 35.5. The van der Waals surface area contributed by atoms with Crippen molar-refractivity contribution in [3.63, 3.8) is 0 Å². The quantitative estimate of drug-likeness (QED) is 0.234. The molecule has 4 rings (SSSR count). The van der Waals surface area contributed by atoms with Crippen molar-refractivity contribution < 1.29 is 35.9 Å². The van der Waals surface area contributed by atoms with E-state index in [1.807, 2.05) is 12.1 Å². The minimum atomic E-state index is -4.62. The normalized spacial score (nSPS) is 13.9. The Morgan fingerprint density at radius 2 is 1.67 bits per heavy atom. The molecule has 0 radical (unpaired) electrons. The smallest absolute Gasteiger partial charge is 0.422 e. The summed E-state index contributed by atoms with van der Waals surface area (Å²) in [6.07, 6.45) is -3.18. The van der Waals surface area contributed by atoms with Gasteiger partial charge in [0.25, 0.3) is 21.8 Å². The fourth-order valence-corrected chi connectivity index (χ4v) is 4.20. The average molecular weight is 626 g/mol. The number of aromatic nitrogens is 3. The number of hydrogen-bond acceptors (Lipinski definition) is 10. The Morgan fingerprint density at radius 1 is 1.02 bits per heavy atom. The molecule has 0 aliphatic heterocycles. The molecular weight excluding hydrogens is 603 g/mol. The number of anilines is 3. The fourth-order valence-electron chi connectivity index (χ4n) is 3.61. The lowest BCUT2D eigenvalue weighted by Crippen LogP contribution is -2.39. The molecule has 1 aromatic heterocycles. The SMILES string of the molecule is C=CS(=O)(=O)NC(=O)CNC(=O)c1ccc(Nc2nc(NC3(c4ccc(Cl)cc4)CC3)nc(OCC(F)(F)F)n2)cc1. The van der Waals surface area contributed by atoms with Crippen LogP contribution in [0.1, 0.15) is 28.8 Å². The van der Waals surface area contributed by atoms with E-state index in [4.69, 9.17) is 16.3 Å². The number of hydrogen-bond donors (Lipinski definition) is 4. The largest absolute Gasteiger partial charge is 0.454 e. The summed E-state index contributed by atoms with van der Waals surface area (Å²) in [7, 11) is -3.99. The van der Waals surface area contributed by atoms with Crippen molar-refractivity contribution in [3.05, 3.63) is 76.7 Å². The van der Waals surface area contributed by atoms with Crippen molar-refractivity contribution in [1.82, 2.24) is 25.0 Å². The molecule has 17 heteroatoms. The van der Waals surface area contributed by atoms with Crippen LogP contribution in [0, 0.1) is 0 Å². The summed E-state index contributed by atoms with van der Waals surface area (Å²) in [6, 6.07) is 12.2. The number of ether oxygens (including phenoxy) is 1. The molecule has 42 heavy (non-hydrogen) atoms. The molecule has 1 fully saturated rings. The van der Waals surface area contributed by atoms with Crippen LogP contribution in [0.2, 0.25) is 5.02 Å². The van der Waals surface area contributed by atoms with E-state index in [1.165, 1.54) is 24.3 Å². The first-order valence-corrected chi connectivity index (χ1v) is 14.0. The zero-order valence-electron chi connectivity index (χ0n) is 21.5. The zero-order chi connectivity index (χ0) is 30.5. The summed E-state index contributed by atoms with van der Waals surface area (Å²) in [5, 5.41) is 9.37. The number of carbonyl (C=O) groups is 2. The predicted molar refractivity (Wildman–Crippen MR) is 147 cm³/mol. The van der Waals surface area contributed by atoms with E-state index >= 15 is 0 Å². The third kappa shape index (κ3) is 8.53. The number of carbonyl (C=O) groups excluding carboxylic acids is 2. The summed E-state index contributed by atoms with van der Waals surface area (Å²) in [5.41, 5.74) is 0.852. The third-order valence-corrected chi connectivity index (χ3v) is 6.97. The zero-order valence-corrected chi connectivity index (χ0v) is 23.1. The number of benzene rings is 2. The number of amides is 2. The molecule has 0 atom stereocenters. The summed E-state index contributed by atoms with van der Waals surface area (Å²) in [4.78, 5) is 36.2. The summed E-state index contributed by atoms with van der Waals surface area (Å²) in [6.45, 7) is 0.842. The molecule has 1 aliphatic rings. The van der Waals surface area contributed by atoms with Crippen molar-refractivity contribution in [3.8, 4) is 6.01 Å². The second kappa shape index (κ2) is 12.2. The summed E-state index contributed by atoms with van der Waals surface area (Å²) in [5.74, 6) is -1.79. The Bertz CT molecular complexity index is 1580. The van der Waals surface area contributed by atoms with Crippen molar-refractivity contribution >= 4 is 51.0 Å². The molecular formula is C25H23ClF3N7O5S. The summed E-state index contributed by atoms with van der Waals surface area (Å²) < 4.78 is 67.5. The fraction of sp³-hybridized carbons (Fsp3) is 0.240. The highest BCUT2D eigenvalue weighted by Crippen LogP contribution is 2.48. The van der Waals surface area contributed by atoms with Gasteiger partial charge in [-0.2, -0.15) is 28.1 Å². The van der Waals surface area contributed by atoms with Crippen LogP contribution in [0.25, 0.3) is 0 Å². The van der Waals surface area contributed by atoms with Gasteiger partial charge in [-0.05, 0) is 54.8 Å². The molecule has 12 nitrogen and oxygen atoms in total. The van der Waals surface area contributed by atoms with Gasteiger partial charge in [-0.3, -0.25) is 9.59 Å². The lowest BCUT2D eigenvalue weighted by Gasteiger charge is -2.19. The van der Waals surface area contributed by atoms with Gasteiger partial charge < -0.3 is 20.7 Å². The summed E-state index contributed by atoms with van der Waals surface area (Å²) >= 11 is 5.98. The second-order valence-electron chi connectivity index (χ2n) is 9.00. The van der Waals surface area contributed by atoms with Crippen molar-refractivity contribution in [1.29, 1.82) is 0 Å². The van der Waals surface area contributed by atoms with E-state index in [0.29, 0.717) is 16.1 Å². The van der Waals surface area contributed by atoms with Gasteiger partial charge >= 0.3 is 12.2 Å². The van der Waals surface area contributed by atoms with Crippen LogP contribution in [0.4, 0.5) is 30.8 Å². The Kier molecular flexibility index (Phi) is 8.86. The second-order valence-corrected chi connectivity index (χ2v) is 11.1. The first-order valence-electron chi connectivity index (χ1n) is 12.1. The van der Waals surface area contributed by atoms with Crippen LogP contribution in [0.5, 0.6) is 6.01 Å². The van der Waals surface area contributed by atoms with Crippen molar-refractivity contribution in [2.24, 2.45) is 0 Å². The van der Waals surface area contributed by atoms with E-state index in [0.717, 1.165) is 18.4 Å². The van der Waals surface area contributed by atoms with Gasteiger partial charge in [-0.25, -0.2) is 13.1 Å². The Balaban J connectivity index is 1.47. The Labute approximate surface area is 242 Å². The highest BCUT2D eigenvalue weighted by Gasteiger charge is 2.45. The first-order chi connectivity index (χ1) is 19.8. The topological polar surface area (TPSA) is 164 Å². The molecule has 1 aliphatic carbocycles. The molecule has 222 valence electrons. The van der Waals surface area contributed by atoms with Gasteiger partial charge in [0.15, 0.2) is 6.61 Å². The van der Waals surface area contributed by atoms with E-state index in [9.17, 15) is 31.2 Å². The Morgan fingerprint density at radius 3 is 2.26 bits per heavy atom. The molecule has 2 amide bonds. The number of rotatable bonds is 12. The van der Waals surface area contributed by atoms with Gasteiger partial charge in [-0.15, -0.1) is 0 Å². The standard InChI is InChI=1S/C25H23ClF3N7O5S/c1-2-42(39,40)36-19(37)13-30-20(38)15-3-9-18(10-4-15)31-21-32-22(34-23(33-21)41-14-25(27,28)29)35-24(11-12-24)16-5-7-17(26)8-6-16/h2-10H,1,11-14H2,(H,30,38)(H,36,37)(H2,31,32,33,34,35). The molecule has 0 unspecified atom stereocenters. The monoisotopic (exact) mass is 625 g/mol.